The number of aliphatic carboxylic acids is 8. The maximum absolute atomic E-state index is 9.55. The van der Waals surface area contributed by atoms with Gasteiger partial charge in [-0.25, -0.2) is 58.3 Å². The Morgan fingerprint density at radius 2 is 0.778 bits per heavy atom. The van der Waals surface area contributed by atoms with Crippen LogP contribution < -0.4 is 44.2 Å². The summed E-state index contributed by atoms with van der Waals surface area (Å²) in [5.74, 6) is -6.51. The summed E-state index contributed by atoms with van der Waals surface area (Å²) >= 11 is 16.9. The van der Waals surface area contributed by atoms with Crippen LogP contribution in [0.5, 0.6) is 0 Å². The number of rotatable bonds is 26. The van der Waals surface area contributed by atoms with Crippen molar-refractivity contribution in [2.75, 3.05) is 37.7 Å². The third-order valence-corrected chi connectivity index (χ3v) is 11.2. The van der Waals surface area contributed by atoms with Gasteiger partial charge in [-0.1, -0.05) is 0 Å². The van der Waals surface area contributed by atoms with Crippen molar-refractivity contribution in [3.8, 4) is 0 Å². The minimum absolute atomic E-state index is 0. The van der Waals surface area contributed by atoms with Gasteiger partial charge in [0.15, 0.2) is 22.1 Å². The van der Waals surface area contributed by atoms with Crippen LogP contribution in [0.1, 0.15) is 22.8 Å². The van der Waals surface area contributed by atoms with Gasteiger partial charge in [0.2, 0.25) is 10.3 Å². The number of carboxylic acids is 8. The number of thiazole rings is 2. The molecule has 0 amide bonds. The van der Waals surface area contributed by atoms with E-state index in [-0.39, 0.29) is 17.4 Å². The maximum atomic E-state index is 9.55. The number of hydrogen-bond acceptors (Lipinski definition) is 20. The quantitative estimate of drug-likeness (QED) is 0.0123. The minimum atomic E-state index is -1.26. The fraction of sp³-hybridized carbons (Fsp3) is 0.238. The first-order chi connectivity index (χ1) is 37.8. The van der Waals surface area contributed by atoms with Crippen molar-refractivity contribution >= 4 is 151 Å². The number of nitrogens with two attached hydrogens (primary N) is 4. The van der Waals surface area contributed by atoms with E-state index in [0.29, 0.717) is 69.1 Å². The highest BCUT2D eigenvalue weighted by atomic mass is 32.2. The van der Waals surface area contributed by atoms with Gasteiger partial charge in [-0.3, -0.25) is 0 Å². The summed E-state index contributed by atoms with van der Waals surface area (Å²) in [6.45, 7) is 3.14. The number of aliphatic imine (C=N–C) groups is 2. The zero-order valence-corrected chi connectivity index (χ0v) is 46.8. The summed E-state index contributed by atoms with van der Waals surface area (Å²) in [6.07, 6.45) is 13.1. The number of carbonyl (C=O) groups is 8. The number of thioether (sulfide) groups is 2. The van der Waals surface area contributed by atoms with Gasteiger partial charge < -0.3 is 100 Å². The molecule has 24 N–H and O–H groups in total. The molecule has 0 saturated carbocycles. The molecule has 0 aliphatic rings. The molecule has 0 spiro atoms. The lowest BCUT2D eigenvalue weighted by Crippen LogP contribution is -2.37. The van der Waals surface area contributed by atoms with Crippen molar-refractivity contribution in [3.05, 3.63) is 107 Å². The van der Waals surface area contributed by atoms with E-state index in [2.05, 4.69) is 61.2 Å². The van der Waals surface area contributed by atoms with E-state index in [9.17, 15) is 38.4 Å². The lowest BCUT2D eigenvalue weighted by Gasteiger charge is -2.09. The molecule has 0 radical (unpaired) electrons. The molecule has 4 aromatic heterocycles. The van der Waals surface area contributed by atoms with Gasteiger partial charge in [-0.15, -0.1) is 22.7 Å². The molecule has 0 aliphatic carbocycles. The van der Waals surface area contributed by atoms with Gasteiger partial charge in [0.25, 0.3) is 0 Å². The molecule has 0 unspecified atom stereocenters. The molecule has 33 nitrogen and oxygen atoms in total. The van der Waals surface area contributed by atoms with Crippen molar-refractivity contribution in [1.29, 1.82) is 0 Å². The molecule has 0 bridgehead atoms. The topological polar surface area (TPSA) is 590 Å². The molecule has 4 heterocycles. The summed E-state index contributed by atoms with van der Waals surface area (Å²) in [6, 6.07) is 0. The summed E-state index contributed by atoms with van der Waals surface area (Å²) in [5.41, 5.74) is 25.4. The van der Waals surface area contributed by atoms with Gasteiger partial charge in [-0.2, -0.15) is 33.5 Å². The first kappa shape index (κ1) is 76.2. The maximum Gasteiger partial charge on any atom is 0.328 e. The Hall–Kier alpha value is -9.02. The van der Waals surface area contributed by atoms with Crippen molar-refractivity contribution in [1.82, 2.24) is 51.2 Å². The number of H-pyrrole nitrogens is 2. The van der Waals surface area contributed by atoms with Crippen LogP contribution in [0.2, 0.25) is 0 Å². The van der Waals surface area contributed by atoms with Gasteiger partial charge >= 0.3 is 47.8 Å². The van der Waals surface area contributed by atoms with Gasteiger partial charge in [0, 0.05) is 145 Å². The first-order valence-corrected chi connectivity index (χ1v) is 26.4. The highest BCUT2D eigenvalue weighted by Crippen LogP contribution is 2.22. The van der Waals surface area contributed by atoms with Crippen LogP contribution in [-0.4, -0.2) is 184 Å². The van der Waals surface area contributed by atoms with Crippen molar-refractivity contribution in [2.45, 2.75) is 24.3 Å². The van der Waals surface area contributed by atoms with Crippen molar-refractivity contribution in [3.63, 3.8) is 0 Å². The van der Waals surface area contributed by atoms with E-state index >= 15 is 0 Å². The normalized spacial score (nSPS) is 9.88. The average Bonchev–Trinajstić information content (AvgIpc) is 4.23. The fourth-order valence-electron chi connectivity index (χ4n) is 4.04. The Balaban J connectivity index is -0.000000983. The third-order valence-electron chi connectivity index (χ3n) is 7.04. The van der Waals surface area contributed by atoms with E-state index in [1.807, 2.05) is 23.2 Å². The second-order valence-corrected chi connectivity index (χ2v) is 18.2. The van der Waals surface area contributed by atoms with Crippen LogP contribution in [-0.2, 0) is 62.7 Å². The fourth-order valence-corrected chi connectivity index (χ4v) is 7.56. The molecular weight excluding hydrogens is 1190 g/mol. The molecule has 0 atom stereocenters. The Labute approximate surface area is 486 Å². The molecule has 0 aliphatic heterocycles. The Bertz CT molecular complexity index is 2410. The smallest absolute Gasteiger partial charge is 0.328 e. The minimum Gasteiger partial charge on any atom is -0.478 e. The van der Waals surface area contributed by atoms with E-state index in [1.165, 1.54) is 22.7 Å². The summed E-state index contributed by atoms with van der Waals surface area (Å²) in [7, 11) is 0. The molecule has 4 aromatic rings. The zero-order valence-electron chi connectivity index (χ0n) is 41.9. The molecule has 4 rings (SSSR count). The number of carboxylic acid groups (broad SMARTS) is 8. The monoisotopic (exact) mass is 1250 g/mol. The van der Waals surface area contributed by atoms with E-state index in [1.54, 1.807) is 36.2 Å². The summed E-state index contributed by atoms with van der Waals surface area (Å²) < 4.78 is 0. The summed E-state index contributed by atoms with van der Waals surface area (Å²) in [5, 5.41) is 81.6. The van der Waals surface area contributed by atoms with Gasteiger partial charge in [0.05, 0.1) is 24.0 Å². The number of aromatic amines is 2. The van der Waals surface area contributed by atoms with Crippen molar-refractivity contribution < 1.29 is 84.7 Å². The number of nitrogens with one attached hydrogen (secondary N) is 6. The zero-order chi connectivity index (χ0) is 60.7. The van der Waals surface area contributed by atoms with Crippen LogP contribution in [0.25, 0.3) is 0 Å². The summed E-state index contributed by atoms with van der Waals surface area (Å²) in [4.78, 5) is 107. The molecule has 444 valence electrons. The molecule has 81 heavy (non-hydrogen) atoms. The van der Waals surface area contributed by atoms with Crippen LogP contribution in [0, 0.1) is 0 Å². The molecule has 39 heteroatoms. The predicted molar refractivity (Wildman–Crippen MR) is 311 cm³/mol. The van der Waals surface area contributed by atoms with Gasteiger partial charge in [0.1, 0.15) is 0 Å². The second-order valence-electron chi connectivity index (χ2n) is 13.5. The molecule has 0 aromatic carbocycles. The first-order valence-electron chi connectivity index (χ1n) is 21.5. The number of nitrogens with zero attached hydrogens (tertiary/aromatic N) is 6. The third kappa shape index (κ3) is 54.1. The average molecular weight is 1250 g/mol. The molecule has 0 fully saturated rings. The van der Waals surface area contributed by atoms with Crippen LogP contribution in [0.3, 0.4) is 0 Å². The lowest BCUT2D eigenvalue weighted by atomic mass is 10.3. The SMILES string of the molecule is NC(N)=Nc1nc(CSCCNC(=S)NCCc2cnc[nH]2)cs1.NC(N)=Nc1nc(CSCCNC(=S)NCCc2cnc[nH]2)cs1.O.O=C(O)/C=C\C(=O)O.O=C(O)/C=C\C(=O)O.O=C(O)/C=C\C(=O)O.O=C(O)/C=C\C(=O)O. The highest BCUT2D eigenvalue weighted by Gasteiger charge is 2.04. The number of aromatic nitrogens is 6. The lowest BCUT2D eigenvalue weighted by molar-refractivity contribution is -0.134. The largest absolute Gasteiger partial charge is 0.478 e. The van der Waals surface area contributed by atoms with E-state index in [4.69, 9.17) is 88.2 Å². The molecule has 0 saturated heterocycles. The highest BCUT2D eigenvalue weighted by molar-refractivity contribution is 7.98. The number of hydrogen-bond donors (Lipinski definition) is 18. The standard InChI is InChI=1S/2C13H20N8S3.4C4H4O4.H2O/c2*14-11(15)21-13-20-10(7-24-13)6-23-4-3-18-12(22)17-2-1-9-5-16-8-19-9;4*5-3(6)1-2-4(7)8;/h2*5,7-8H,1-4,6H2,(H,16,19)(H2,17,18,22)(H4,14,15,20,21);4*1-2H,(H,5,6)(H,7,8);1H2/b;;4*2-1-;. The van der Waals surface area contributed by atoms with Gasteiger partial charge in [-0.05, 0) is 24.4 Å². The second kappa shape index (κ2) is 48.1. The Kier molecular flexibility index (Phi) is 45.3. The number of thiocarbonyl (C=S) groups is 2. The van der Waals surface area contributed by atoms with Crippen LogP contribution >= 0.6 is 70.6 Å². The number of imidazole rings is 2. The molecular formula is C42H58N16O17S6. The number of guanidine groups is 2. The predicted octanol–water partition coefficient (Wildman–Crippen LogP) is -0.555. The van der Waals surface area contributed by atoms with E-state index < -0.39 is 47.8 Å². The van der Waals surface area contributed by atoms with Crippen molar-refractivity contribution in [2.24, 2.45) is 32.9 Å². The van der Waals surface area contributed by atoms with E-state index in [0.717, 1.165) is 84.8 Å². The van der Waals surface area contributed by atoms with Crippen LogP contribution in [0.15, 0.2) is 94.4 Å². The van der Waals surface area contributed by atoms with Crippen LogP contribution in [0.4, 0.5) is 10.3 Å². The Morgan fingerprint density at radius 3 is 1.01 bits per heavy atom. The Morgan fingerprint density at radius 1 is 0.506 bits per heavy atom.